The van der Waals surface area contributed by atoms with E-state index in [9.17, 15) is 9.59 Å². The highest BCUT2D eigenvalue weighted by atomic mass is 16.2. The predicted octanol–water partition coefficient (Wildman–Crippen LogP) is 2.91. The first kappa shape index (κ1) is 13.3. The molecule has 3 atom stereocenters. The Morgan fingerprint density at radius 2 is 1.67 bits per heavy atom. The monoisotopic (exact) mass is 249 g/mol. The van der Waals surface area contributed by atoms with Crippen molar-refractivity contribution in [1.82, 2.24) is 4.90 Å². The number of rotatable bonds is 5. The highest BCUT2D eigenvalue weighted by molar-refractivity contribution is 6.13. The summed E-state index contributed by atoms with van der Waals surface area (Å²) in [5, 5.41) is 0. The highest BCUT2D eigenvalue weighted by Gasteiger charge is 2.42. The molecule has 18 heavy (non-hydrogen) atoms. The quantitative estimate of drug-likeness (QED) is 0.703. The van der Waals surface area contributed by atoms with Crippen molar-refractivity contribution in [2.75, 3.05) is 0 Å². The van der Waals surface area contributed by atoms with Crippen LogP contribution in [0.15, 0.2) is 12.2 Å². The summed E-state index contributed by atoms with van der Waals surface area (Å²) in [6.45, 7) is 4.40. The first-order valence-electron chi connectivity index (χ1n) is 7.24. The Kier molecular flexibility index (Phi) is 4.20. The number of carbonyl (C=O) groups is 2. The molecular formula is C15H23NO2. The molecule has 0 aromatic rings. The number of imide groups is 1. The molecule has 2 amide bonds. The van der Waals surface area contributed by atoms with Gasteiger partial charge in [-0.25, -0.2) is 0 Å². The minimum atomic E-state index is -0.108. The van der Waals surface area contributed by atoms with E-state index >= 15 is 0 Å². The molecule has 3 nitrogen and oxygen atoms in total. The zero-order chi connectivity index (χ0) is 13.1. The van der Waals surface area contributed by atoms with Gasteiger partial charge in [0.1, 0.15) is 0 Å². The standard InChI is InChI=1S/C15H23NO2/c1-3-5-11-7-8-13(12(11)6-4-2)16-14(17)9-10-15(16)18/h9-13H,3-8H2,1-2H3/t11?,12-,13-/m0/s1. The topological polar surface area (TPSA) is 37.4 Å². The summed E-state index contributed by atoms with van der Waals surface area (Å²) >= 11 is 0. The van der Waals surface area contributed by atoms with Crippen molar-refractivity contribution in [3.63, 3.8) is 0 Å². The summed E-state index contributed by atoms with van der Waals surface area (Å²) in [6, 6.07) is 0.150. The summed E-state index contributed by atoms with van der Waals surface area (Å²) < 4.78 is 0. The second-order valence-electron chi connectivity index (χ2n) is 5.53. The van der Waals surface area contributed by atoms with E-state index in [1.54, 1.807) is 0 Å². The van der Waals surface area contributed by atoms with E-state index < -0.39 is 0 Å². The smallest absolute Gasteiger partial charge is 0.253 e. The Hall–Kier alpha value is -1.12. The molecule has 0 radical (unpaired) electrons. The number of hydrogen-bond acceptors (Lipinski definition) is 2. The zero-order valence-corrected chi connectivity index (χ0v) is 11.4. The third-order valence-electron chi connectivity index (χ3n) is 4.39. The lowest BCUT2D eigenvalue weighted by Crippen LogP contribution is -2.43. The number of carbonyl (C=O) groups excluding carboxylic acids is 2. The average Bonchev–Trinajstić information content (AvgIpc) is 2.86. The van der Waals surface area contributed by atoms with Crippen LogP contribution in [0.2, 0.25) is 0 Å². The van der Waals surface area contributed by atoms with Crippen LogP contribution in [0.25, 0.3) is 0 Å². The second-order valence-corrected chi connectivity index (χ2v) is 5.53. The van der Waals surface area contributed by atoms with Gasteiger partial charge in [0, 0.05) is 18.2 Å². The first-order valence-corrected chi connectivity index (χ1v) is 7.24. The minimum absolute atomic E-state index is 0.108. The van der Waals surface area contributed by atoms with Crippen LogP contribution < -0.4 is 0 Å². The van der Waals surface area contributed by atoms with Crippen LogP contribution in [0.5, 0.6) is 0 Å². The largest absolute Gasteiger partial charge is 0.272 e. The van der Waals surface area contributed by atoms with Crippen molar-refractivity contribution in [3.8, 4) is 0 Å². The summed E-state index contributed by atoms with van der Waals surface area (Å²) in [7, 11) is 0. The lowest BCUT2D eigenvalue weighted by atomic mass is 9.86. The van der Waals surface area contributed by atoms with Crippen LogP contribution in [0.3, 0.4) is 0 Å². The highest BCUT2D eigenvalue weighted by Crippen LogP contribution is 2.41. The Morgan fingerprint density at radius 3 is 2.22 bits per heavy atom. The van der Waals surface area contributed by atoms with Crippen LogP contribution >= 0.6 is 0 Å². The van der Waals surface area contributed by atoms with Crippen molar-refractivity contribution in [2.45, 2.75) is 58.4 Å². The van der Waals surface area contributed by atoms with Gasteiger partial charge >= 0.3 is 0 Å². The lowest BCUT2D eigenvalue weighted by Gasteiger charge is -2.30. The molecule has 1 fully saturated rings. The Balaban J connectivity index is 2.12. The Morgan fingerprint density at radius 1 is 1.06 bits per heavy atom. The normalized spacial score (nSPS) is 31.7. The summed E-state index contributed by atoms with van der Waals surface area (Å²) in [6.07, 6.45) is 9.67. The second kappa shape index (κ2) is 5.68. The van der Waals surface area contributed by atoms with Crippen molar-refractivity contribution in [2.24, 2.45) is 11.8 Å². The molecule has 1 aliphatic carbocycles. The molecule has 0 aromatic carbocycles. The summed E-state index contributed by atoms with van der Waals surface area (Å²) in [5.41, 5.74) is 0. The molecule has 1 unspecified atom stereocenters. The molecule has 2 aliphatic rings. The van der Waals surface area contributed by atoms with E-state index in [1.807, 2.05) is 0 Å². The molecule has 2 rings (SSSR count). The van der Waals surface area contributed by atoms with Gasteiger partial charge in [0.2, 0.25) is 0 Å². The lowest BCUT2D eigenvalue weighted by molar-refractivity contribution is -0.140. The predicted molar refractivity (Wildman–Crippen MR) is 70.8 cm³/mol. The fourth-order valence-electron chi connectivity index (χ4n) is 3.68. The van der Waals surface area contributed by atoms with Crippen molar-refractivity contribution in [3.05, 3.63) is 12.2 Å². The maximum atomic E-state index is 11.8. The van der Waals surface area contributed by atoms with Crippen LogP contribution in [-0.2, 0) is 9.59 Å². The van der Waals surface area contributed by atoms with Gasteiger partial charge in [-0.3, -0.25) is 14.5 Å². The van der Waals surface area contributed by atoms with Gasteiger partial charge in [0.15, 0.2) is 0 Å². The van der Waals surface area contributed by atoms with E-state index in [0.717, 1.165) is 19.3 Å². The summed E-state index contributed by atoms with van der Waals surface area (Å²) in [5.74, 6) is 0.996. The first-order chi connectivity index (χ1) is 8.69. The molecule has 0 spiro atoms. The maximum absolute atomic E-state index is 11.8. The third kappa shape index (κ3) is 2.36. The number of hydrogen-bond donors (Lipinski definition) is 0. The third-order valence-corrected chi connectivity index (χ3v) is 4.39. The van der Waals surface area contributed by atoms with Gasteiger partial charge in [0.05, 0.1) is 0 Å². The molecule has 0 aromatic heterocycles. The Labute approximate surface area is 109 Å². The van der Waals surface area contributed by atoms with Gasteiger partial charge in [-0.05, 0) is 31.1 Å². The van der Waals surface area contributed by atoms with Crippen molar-refractivity contribution in [1.29, 1.82) is 0 Å². The SMILES string of the molecule is CCCC1CC[C@H](N2C(=O)C=CC2=O)[C@H]1CCC. The molecule has 1 aliphatic heterocycles. The van der Waals surface area contributed by atoms with E-state index in [2.05, 4.69) is 13.8 Å². The van der Waals surface area contributed by atoms with Gasteiger partial charge in [-0.15, -0.1) is 0 Å². The average molecular weight is 249 g/mol. The van der Waals surface area contributed by atoms with E-state index in [4.69, 9.17) is 0 Å². The maximum Gasteiger partial charge on any atom is 0.253 e. The minimum Gasteiger partial charge on any atom is -0.272 e. The van der Waals surface area contributed by atoms with Crippen molar-refractivity contribution < 1.29 is 9.59 Å². The van der Waals surface area contributed by atoms with Crippen LogP contribution in [-0.4, -0.2) is 22.8 Å². The zero-order valence-electron chi connectivity index (χ0n) is 11.4. The molecule has 1 saturated carbocycles. The summed E-state index contributed by atoms with van der Waals surface area (Å²) in [4.78, 5) is 25.1. The van der Waals surface area contributed by atoms with Crippen LogP contribution in [0.4, 0.5) is 0 Å². The van der Waals surface area contributed by atoms with Crippen molar-refractivity contribution >= 4 is 11.8 Å². The molecule has 3 heteroatoms. The molecule has 100 valence electrons. The van der Waals surface area contributed by atoms with E-state index in [0.29, 0.717) is 11.8 Å². The van der Waals surface area contributed by atoms with E-state index in [-0.39, 0.29) is 17.9 Å². The molecule has 0 N–H and O–H groups in total. The fourth-order valence-corrected chi connectivity index (χ4v) is 3.68. The molecular weight excluding hydrogens is 226 g/mol. The number of amides is 2. The Bertz CT molecular complexity index is 344. The fraction of sp³-hybridized carbons (Fsp3) is 0.733. The van der Waals surface area contributed by atoms with Gasteiger partial charge in [-0.2, -0.15) is 0 Å². The van der Waals surface area contributed by atoms with Gasteiger partial charge in [0.25, 0.3) is 11.8 Å². The van der Waals surface area contributed by atoms with Gasteiger partial charge < -0.3 is 0 Å². The molecule has 0 bridgehead atoms. The molecule has 0 saturated heterocycles. The van der Waals surface area contributed by atoms with E-state index in [1.165, 1.54) is 36.3 Å². The number of nitrogens with zero attached hydrogens (tertiary/aromatic N) is 1. The van der Waals surface area contributed by atoms with Crippen LogP contribution in [0, 0.1) is 11.8 Å². The van der Waals surface area contributed by atoms with Gasteiger partial charge in [-0.1, -0.05) is 33.1 Å². The molecule has 1 heterocycles. The van der Waals surface area contributed by atoms with Crippen LogP contribution in [0.1, 0.15) is 52.4 Å².